The molecule has 2 unspecified atom stereocenters. The summed E-state index contributed by atoms with van der Waals surface area (Å²) in [6.07, 6.45) is 4.34. The lowest BCUT2D eigenvalue weighted by Gasteiger charge is -2.24. The highest BCUT2D eigenvalue weighted by Gasteiger charge is 2.34. The van der Waals surface area contributed by atoms with Crippen LogP contribution in [0.3, 0.4) is 0 Å². The monoisotopic (exact) mass is 262 g/mol. The Hall–Kier alpha value is -1.97. The van der Waals surface area contributed by atoms with E-state index in [0.717, 1.165) is 0 Å². The summed E-state index contributed by atoms with van der Waals surface area (Å²) in [6.45, 7) is 1.72. The molecule has 1 aliphatic rings. The Morgan fingerprint density at radius 2 is 1.84 bits per heavy atom. The second-order valence-corrected chi connectivity index (χ2v) is 4.82. The van der Waals surface area contributed by atoms with Crippen molar-refractivity contribution in [2.75, 3.05) is 0 Å². The van der Waals surface area contributed by atoms with Crippen LogP contribution < -0.4 is 0 Å². The number of carboxylic acids is 1. The molecule has 0 aliphatic heterocycles. The third-order valence-electron chi connectivity index (χ3n) is 3.55. The van der Waals surface area contributed by atoms with Gasteiger partial charge in [0.2, 0.25) is 0 Å². The number of allylic oxidation sites excluding steroid dienone is 2. The first-order valence-electron chi connectivity index (χ1n) is 6.19. The largest absolute Gasteiger partial charge is 0.481 e. The molecule has 1 aromatic carbocycles. The van der Waals surface area contributed by atoms with Crippen LogP contribution >= 0.6 is 0 Å². The fraction of sp³-hybridized carbons (Fsp3) is 0.333. The Morgan fingerprint density at radius 3 is 2.47 bits per heavy atom. The summed E-state index contributed by atoms with van der Waals surface area (Å²) in [7, 11) is 0. The van der Waals surface area contributed by atoms with Crippen LogP contribution in [0, 0.1) is 24.6 Å². The predicted molar refractivity (Wildman–Crippen MR) is 68.5 cm³/mol. The van der Waals surface area contributed by atoms with Crippen molar-refractivity contribution >= 4 is 11.8 Å². The molecule has 1 aliphatic carbocycles. The molecule has 2 atom stereocenters. The van der Waals surface area contributed by atoms with E-state index < -0.39 is 23.6 Å². The number of aliphatic carboxylic acids is 1. The maximum Gasteiger partial charge on any atom is 0.307 e. The molecule has 0 radical (unpaired) electrons. The normalized spacial score (nSPS) is 22.2. The van der Waals surface area contributed by atoms with Gasteiger partial charge in [-0.15, -0.1) is 0 Å². The molecule has 4 heteroatoms. The van der Waals surface area contributed by atoms with E-state index in [0.29, 0.717) is 18.4 Å². The number of rotatable bonds is 3. The number of halogens is 1. The summed E-state index contributed by atoms with van der Waals surface area (Å²) in [5.74, 6) is -3.07. The third-order valence-corrected chi connectivity index (χ3v) is 3.55. The van der Waals surface area contributed by atoms with E-state index in [1.165, 1.54) is 18.2 Å². The van der Waals surface area contributed by atoms with E-state index in [1.807, 2.05) is 6.08 Å². The third kappa shape index (κ3) is 2.72. The Kier molecular flexibility index (Phi) is 3.79. The molecular weight excluding hydrogens is 247 g/mol. The van der Waals surface area contributed by atoms with Crippen molar-refractivity contribution in [3.05, 3.63) is 47.3 Å². The van der Waals surface area contributed by atoms with Crippen LogP contribution in [0.5, 0.6) is 0 Å². The van der Waals surface area contributed by atoms with Crippen molar-refractivity contribution in [2.24, 2.45) is 11.8 Å². The van der Waals surface area contributed by atoms with Crippen molar-refractivity contribution in [1.82, 2.24) is 0 Å². The van der Waals surface area contributed by atoms with Gasteiger partial charge in [-0.25, -0.2) is 4.39 Å². The van der Waals surface area contributed by atoms with Gasteiger partial charge in [-0.3, -0.25) is 9.59 Å². The SMILES string of the molecule is Cc1ccc(F)cc1C(=O)C1CC=CCC1C(=O)O. The highest BCUT2D eigenvalue weighted by Crippen LogP contribution is 2.30. The van der Waals surface area contributed by atoms with Crippen LogP contribution in [0.2, 0.25) is 0 Å². The van der Waals surface area contributed by atoms with Crippen LogP contribution in [0.4, 0.5) is 4.39 Å². The van der Waals surface area contributed by atoms with Crippen LogP contribution in [0.1, 0.15) is 28.8 Å². The molecule has 0 aromatic heterocycles. The summed E-state index contributed by atoms with van der Waals surface area (Å²) in [5.41, 5.74) is 0.955. The first kappa shape index (κ1) is 13.5. The van der Waals surface area contributed by atoms with Crippen molar-refractivity contribution in [1.29, 1.82) is 0 Å². The van der Waals surface area contributed by atoms with E-state index in [9.17, 15) is 14.0 Å². The minimum Gasteiger partial charge on any atom is -0.481 e. The number of carbonyl (C=O) groups excluding carboxylic acids is 1. The van der Waals surface area contributed by atoms with Gasteiger partial charge in [-0.05, 0) is 37.5 Å². The van der Waals surface area contributed by atoms with Gasteiger partial charge in [0, 0.05) is 11.5 Å². The minimum atomic E-state index is -0.975. The van der Waals surface area contributed by atoms with Gasteiger partial charge in [0.1, 0.15) is 5.82 Å². The first-order valence-corrected chi connectivity index (χ1v) is 6.19. The fourth-order valence-electron chi connectivity index (χ4n) is 2.44. The van der Waals surface area contributed by atoms with E-state index in [2.05, 4.69) is 0 Å². The van der Waals surface area contributed by atoms with Gasteiger partial charge in [0.15, 0.2) is 5.78 Å². The van der Waals surface area contributed by atoms with E-state index in [1.54, 1.807) is 13.0 Å². The molecule has 1 aromatic rings. The Bertz CT molecular complexity index is 548. The Labute approximate surface area is 110 Å². The number of hydrogen-bond acceptors (Lipinski definition) is 2. The highest BCUT2D eigenvalue weighted by atomic mass is 19.1. The van der Waals surface area contributed by atoms with Gasteiger partial charge in [0.25, 0.3) is 0 Å². The lowest BCUT2D eigenvalue weighted by molar-refractivity contribution is -0.143. The van der Waals surface area contributed by atoms with Gasteiger partial charge in [-0.2, -0.15) is 0 Å². The van der Waals surface area contributed by atoms with Gasteiger partial charge >= 0.3 is 5.97 Å². The van der Waals surface area contributed by atoms with Crippen molar-refractivity contribution in [3.8, 4) is 0 Å². The zero-order valence-corrected chi connectivity index (χ0v) is 10.6. The number of aryl methyl sites for hydroxylation is 1. The van der Waals surface area contributed by atoms with Crippen LogP contribution in [-0.4, -0.2) is 16.9 Å². The number of ketones is 1. The lowest BCUT2D eigenvalue weighted by Crippen LogP contribution is -2.31. The summed E-state index contributed by atoms with van der Waals surface area (Å²) >= 11 is 0. The predicted octanol–water partition coefficient (Wildman–Crippen LogP) is 2.98. The first-order chi connectivity index (χ1) is 9.00. The molecule has 0 amide bonds. The molecule has 0 saturated heterocycles. The molecule has 1 N–H and O–H groups in total. The maximum absolute atomic E-state index is 13.2. The van der Waals surface area contributed by atoms with Gasteiger partial charge in [0.05, 0.1) is 5.92 Å². The number of benzene rings is 1. The van der Waals surface area contributed by atoms with Crippen LogP contribution in [-0.2, 0) is 4.79 Å². The number of carboxylic acid groups (broad SMARTS) is 1. The number of carbonyl (C=O) groups is 2. The van der Waals surface area contributed by atoms with E-state index in [-0.39, 0.29) is 11.3 Å². The van der Waals surface area contributed by atoms with E-state index >= 15 is 0 Å². The van der Waals surface area contributed by atoms with Gasteiger partial charge in [-0.1, -0.05) is 18.2 Å². The minimum absolute atomic E-state index is 0.284. The standard InChI is InChI=1S/C15H15FO3/c1-9-6-7-10(16)8-13(9)14(17)11-4-2-3-5-12(11)15(18)19/h2-3,6-8,11-12H,4-5H2,1H3,(H,18,19). The molecule has 0 saturated carbocycles. The summed E-state index contributed by atoms with van der Waals surface area (Å²) < 4.78 is 13.2. The summed E-state index contributed by atoms with van der Waals surface area (Å²) in [6, 6.07) is 4.02. The second-order valence-electron chi connectivity index (χ2n) is 4.82. The number of Topliss-reactive ketones (excluding diaryl/α,β-unsaturated/α-hetero) is 1. The molecule has 19 heavy (non-hydrogen) atoms. The Morgan fingerprint density at radius 1 is 1.21 bits per heavy atom. The molecule has 2 rings (SSSR count). The lowest BCUT2D eigenvalue weighted by atomic mass is 9.78. The topological polar surface area (TPSA) is 54.4 Å². The molecule has 0 spiro atoms. The molecule has 0 heterocycles. The average molecular weight is 262 g/mol. The highest BCUT2D eigenvalue weighted by molar-refractivity contribution is 6.01. The smallest absolute Gasteiger partial charge is 0.307 e. The average Bonchev–Trinajstić information content (AvgIpc) is 2.40. The molecule has 100 valence electrons. The Balaban J connectivity index is 2.34. The fourth-order valence-corrected chi connectivity index (χ4v) is 2.44. The van der Waals surface area contributed by atoms with Gasteiger partial charge < -0.3 is 5.11 Å². The maximum atomic E-state index is 13.2. The van der Waals surface area contributed by atoms with Crippen LogP contribution in [0.15, 0.2) is 30.4 Å². The zero-order valence-electron chi connectivity index (χ0n) is 10.6. The zero-order chi connectivity index (χ0) is 14.0. The second kappa shape index (κ2) is 5.34. The summed E-state index contributed by atoms with van der Waals surface area (Å²) in [5, 5.41) is 9.17. The molecule has 3 nitrogen and oxygen atoms in total. The molecular formula is C15H15FO3. The van der Waals surface area contributed by atoms with Crippen molar-refractivity contribution in [2.45, 2.75) is 19.8 Å². The number of hydrogen-bond donors (Lipinski definition) is 1. The molecule has 0 bridgehead atoms. The van der Waals surface area contributed by atoms with Crippen LogP contribution in [0.25, 0.3) is 0 Å². The van der Waals surface area contributed by atoms with Crippen molar-refractivity contribution in [3.63, 3.8) is 0 Å². The van der Waals surface area contributed by atoms with Crippen molar-refractivity contribution < 1.29 is 19.1 Å². The molecule has 0 fully saturated rings. The van der Waals surface area contributed by atoms with E-state index in [4.69, 9.17) is 5.11 Å². The quantitative estimate of drug-likeness (QED) is 0.673. The summed E-state index contributed by atoms with van der Waals surface area (Å²) in [4.78, 5) is 23.6.